The Morgan fingerprint density at radius 3 is 2.64 bits per heavy atom. The highest BCUT2D eigenvalue weighted by molar-refractivity contribution is 6.73. The summed E-state index contributed by atoms with van der Waals surface area (Å²) in [5.74, 6) is 0.455. The van der Waals surface area contributed by atoms with Gasteiger partial charge in [-0.25, -0.2) is 9.50 Å². The van der Waals surface area contributed by atoms with Gasteiger partial charge in [-0.2, -0.15) is 5.10 Å². The van der Waals surface area contributed by atoms with Crippen LogP contribution in [0.4, 0.5) is 12.9 Å². The van der Waals surface area contributed by atoms with Crippen molar-refractivity contribution in [1.29, 1.82) is 0 Å². The second-order valence-electron chi connectivity index (χ2n) is 3.00. The predicted octanol–water partition coefficient (Wildman–Crippen LogP) is 1.09. The first-order valence-corrected chi connectivity index (χ1v) is 4.00. The second kappa shape index (κ2) is 2.73. The molecule has 0 aliphatic carbocycles. The highest BCUT2D eigenvalue weighted by Gasteiger charge is 2.25. The molecule has 2 aromatic rings. The Balaban J connectivity index is 2.62. The van der Waals surface area contributed by atoms with Gasteiger partial charge in [0, 0.05) is 6.20 Å². The lowest BCUT2D eigenvalue weighted by atomic mass is 9.82. The number of rotatable bonds is 1. The Morgan fingerprint density at radius 1 is 1.29 bits per heavy atom. The van der Waals surface area contributed by atoms with Crippen molar-refractivity contribution < 1.29 is 12.9 Å². The molecule has 0 saturated carbocycles. The third-order valence-corrected chi connectivity index (χ3v) is 1.84. The van der Waals surface area contributed by atoms with Gasteiger partial charge < -0.3 is 12.9 Å². The molecule has 0 aliphatic rings. The smallest absolute Gasteiger partial charge is 0.445 e. The van der Waals surface area contributed by atoms with Crippen molar-refractivity contribution in [1.82, 2.24) is 14.6 Å². The van der Waals surface area contributed by atoms with E-state index < -0.39 is 12.4 Å². The van der Waals surface area contributed by atoms with Crippen LogP contribution in [-0.4, -0.2) is 21.6 Å². The van der Waals surface area contributed by atoms with E-state index in [2.05, 4.69) is 10.1 Å². The fourth-order valence-electron chi connectivity index (χ4n) is 1.20. The molecule has 0 saturated heterocycles. The van der Waals surface area contributed by atoms with Gasteiger partial charge in [0.15, 0.2) is 5.65 Å². The van der Waals surface area contributed by atoms with E-state index in [0.717, 1.165) is 16.8 Å². The summed E-state index contributed by atoms with van der Waals surface area (Å²) >= 11 is 0. The predicted molar refractivity (Wildman–Crippen MR) is 46.4 cm³/mol. The van der Waals surface area contributed by atoms with E-state index in [1.165, 1.54) is 6.07 Å². The molecule has 0 bridgehead atoms. The number of nitrogens with zero attached hydrogens (tertiary/aromatic N) is 3. The number of aryl methyl sites for hydroxylation is 1. The first kappa shape index (κ1) is 9.05. The van der Waals surface area contributed by atoms with Crippen LogP contribution in [0.5, 0.6) is 0 Å². The molecule has 7 heteroatoms. The van der Waals surface area contributed by atoms with Crippen LogP contribution in [-0.2, 0) is 0 Å². The van der Waals surface area contributed by atoms with Crippen LogP contribution in [0, 0.1) is 6.92 Å². The molecule has 0 atom stereocenters. The van der Waals surface area contributed by atoms with Crippen LogP contribution >= 0.6 is 0 Å². The Labute approximate surface area is 77.6 Å². The fourth-order valence-corrected chi connectivity index (χ4v) is 1.20. The van der Waals surface area contributed by atoms with Crippen LogP contribution < -0.4 is 5.46 Å². The first-order valence-electron chi connectivity index (χ1n) is 4.00. The van der Waals surface area contributed by atoms with E-state index in [1.54, 1.807) is 6.92 Å². The minimum Gasteiger partial charge on any atom is -0.445 e. The Morgan fingerprint density at radius 2 is 2.00 bits per heavy atom. The third-order valence-electron chi connectivity index (χ3n) is 1.84. The number of pyridine rings is 1. The molecule has 0 spiro atoms. The van der Waals surface area contributed by atoms with Gasteiger partial charge in [-0.15, -0.1) is 0 Å². The molecule has 0 aliphatic heterocycles. The van der Waals surface area contributed by atoms with Crippen molar-refractivity contribution in [2.24, 2.45) is 0 Å². The molecule has 3 nitrogen and oxygen atoms in total. The molecule has 0 fully saturated rings. The summed E-state index contributed by atoms with van der Waals surface area (Å²) in [7, 11) is 0. The van der Waals surface area contributed by atoms with Gasteiger partial charge in [0.2, 0.25) is 0 Å². The normalized spacial score (nSPS) is 12.3. The average Bonchev–Trinajstić information content (AvgIpc) is 2.41. The summed E-state index contributed by atoms with van der Waals surface area (Å²) in [6.07, 6.45) is 0.954. The van der Waals surface area contributed by atoms with Crippen molar-refractivity contribution in [2.75, 3.05) is 0 Å². The number of halogens is 3. The monoisotopic (exact) mass is 200 g/mol. The number of hydrogen-bond acceptors (Lipinski definition) is 2. The summed E-state index contributed by atoms with van der Waals surface area (Å²) in [6.45, 7) is -3.33. The Kier molecular flexibility index (Phi) is 1.76. The zero-order valence-electron chi connectivity index (χ0n) is 7.28. The van der Waals surface area contributed by atoms with E-state index in [1.807, 2.05) is 0 Å². The summed E-state index contributed by atoms with van der Waals surface area (Å²) in [5, 5.41) is 3.80. The molecule has 0 aromatic carbocycles. The van der Waals surface area contributed by atoms with Gasteiger partial charge in [-0.3, -0.25) is 0 Å². The Hall–Kier alpha value is -1.53. The summed E-state index contributed by atoms with van der Waals surface area (Å²) in [6, 6.07) is 2.33. The van der Waals surface area contributed by atoms with Crippen LogP contribution in [0.1, 0.15) is 5.82 Å². The van der Waals surface area contributed by atoms with Gasteiger partial charge in [-0.1, -0.05) is 11.5 Å². The molecular formula is C7H6BF3N3-. The van der Waals surface area contributed by atoms with E-state index in [9.17, 15) is 12.9 Å². The number of hydrogen-bond donors (Lipinski definition) is 0. The highest BCUT2D eigenvalue weighted by Crippen LogP contribution is 2.09. The summed E-state index contributed by atoms with van der Waals surface area (Å²) in [5.41, 5.74) is -0.242. The molecule has 14 heavy (non-hydrogen) atoms. The van der Waals surface area contributed by atoms with Gasteiger partial charge in [0.1, 0.15) is 5.82 Å². The molecule has 2 rings (SSSR count). The van der Waals surface area contributed by atoms with Crippen molar-refractivity contribution in [2.45, 2.75) is 6.92 Å². The SMILES string of the molecule is Cc1nc2ccc([B-](F)(F)F)cn2n1. The van der Waals surface area contributed by atoms with Gasteiger partial charge in [0.25, 0.3) is 0 Å². The number of fused-ring (bicyclic) bond motifs is 1. The van der Waals surface area contributed by atoms with E-state index >= 15 is 0 Å². The van der Waals surface area contributed by atoms with E-state index in [0.29, 0.717) is 11.5 Å². The van der Waals surface area contributed by atoms with Gasteiger partial charge in [-0.05, 0) is 13.0 Å². The minimum absolute atomic E-state index is 0.423. The maximum absolute atomic E-state index is 12.3. The lowest BCUT2D eigenvalue weighted by molar-refractivity contribution is 0.500. The lowest BCUT2D eigenvalue weighted by Gasteiger charge is -2.13. The van der Waals surface area contributed by atoms with Crippen molar-refractivity contribution in [3.8, 4) is 0 Å². The third kappa shape index (κ3) is 1.45. The van der Waals surface area contributed by atoms with Gasteiger partial charge in [0.05, 0.1) is 0 Å². The molecule has 0 radical (unpaired) electrons. The lowest BCUT2D eigenvalue weighted by Crippen LogP contribution is -2.34. The average molecular weight is 200 g/mol. The quantitative estimate of drug-likeness (QED) is 0.645. The van der Waals surface area contributed by atoms with Gasteiger partial charge >= 0.3 is 6.98 Å². The molecule has 0 amide bonds. The van der Waals surface area contributed by atoms with Crippen LogP contribution in [0.3, 0.4) is 0 Å². The number of aromatic nitrogens is 3. The van der Waals surface area contributed by atoms with Crippen LogP contribution in [0.25, 0.3) is 5.65 Å². The molecule has 2 aromatic heterocycles. The fraction of sp³-hybridized carbons (Fsp3) is 0.143. The topological polar surface area (TPSA) is 30.2 Å². The molecular weight excluding hydrogens is 194 g/mol. The van der Waals surface area contributed by atoms with E-state index in [4.69, 9.17) is 0 Å². The molecule has 74 valence electrons. The largest absolute Gasteiger partial charge is 0.511 e. The maximum atomic E-state index is 12.3. The van der Waals surface area contributed by atoms with Crippen LogP contribution in [0.15, 0.2) is 18.3 Å². The zero-order chi connectivity index (χ0) is 10.3. The van der Waals surface area contributed by atoms with Crippen molar-refractivity contribution in [3.63, 3.8) is 0 Å². The van der Waals surface area contributed by atoms with Crippen molar-refractivity contribution in [3.05, 3.63) is 24.2 Å². The van der Waals surface area contributed by atoms with Crippen molar-refractivity contribution >= 4 is 18.1 Å². The highest BCUT2D eigenvalue weighted by atomic mass is 19.4. The Bertz CT molecular complexity index is 476. The molecule has 2 heterocycles. The minimum atomic E-state index is -4.97. The first-order chi connectivity index (χ1) is 6.47. The molecule has 0 unspecified atom stereocenters. The summed E-state index contributed by atoms with van der Waals surface area (Å²) < 4.78 is 38.1. The standard InChI is InChI=1S/C7H6BF3N3/c1-5-12-7-3-2-6(8(9,10)11)4-14(7)13-5/h2-4H,1H3/q-1. The maximum Gasteiger partial charge on any atom is 0.511 e. The summed E-state index contributed by atoms with van der Waals surface area (Å²) in [4.78, 5) is 3.93. The zero-order valence-corrected chi connectivity index (χ0v) is 7.28. The van der Waals surface area contributed by atoms with Crippen LogP contribution in [0.2, 0.25) is 0 Å². The molecule has 0 N–H and O–H groups in total. The second-order valence-corrected chi connectivity index (χ2v) is 3.00. The van der Waals surface area contributed by atoms with E-state index in [-0.39, 0.29) is 0 Å².